The Morgan fingerprint density at radius 1 is 1.30 bits per heavy atom. The Kier molecular flexibility index (Phi) is 3.36. The molecule has 104 valence electrons. The summed E-state index contributed by atoms with van der Waals surface area (Å²) in [4.78, 5) is 18.4. The van der Waals surface area contributed by atoms with Crippen LogP contribution in [0, 0.1) is 5.82 Å². The van der Waals surface area contributed by atoms with Crippen LogP contribution in [0.1, 0.15) is 23.2 Å². The monoisotopic (exact) mass is 273 g/mol. The minimum Gasteiger partial charge on any atom is -0.338 e. The number of likely N-dealkylation sites (tertiary alicyclic amines) is 1. The maximum absolute atomic E-state index is 13.1. The van der Waals surface area contributed by atoms with Crippen LogP contribution in [-0.4, -0.2) is 34.9 Å². The number of carbonyl (C=O) groups is 1. The normalized spacial score (nSPS) is 16.6. The Bertz CT molecular complexity index is 651. The lowest BCUT2D eigenvalue weighted by Gasteiger charge is -2.30. The van der Waals surface area contributed by atoms with Crippen LogP contribution in [0.5, 0.6) is 0 Å². The van der Waals surface area contributed by atoms with Gasteiger partial charge in [0.25, 0.3) is 5.91 Å². The van der Waals surface area contributed by atoms with E-state index in [1.54, 1.807) is 17.0 Å². The second kappa shape index (κ2) is 5.17. The maximum atomic E-state index is 13.1. The van der Waals surface area contributed by atoms with Gasteiger partial charge in [0.05, 0.1) is 11.1 Å². The predicted octanol–water partition coefficient (Wildman–Crippen LogP) is 1.94. The number of piperidine rings is 1. The first-order valence-corrected chi connectivity index (χ1v) is 6.73. The average molecular weight is 273 g/mol. The summed E-state index contributed by atoms with van der Waals surface area (Å²) in [5.74, 6) is -0.357. The number of carbonyl (C=O) groups excluding carboxylic acids is 1. The van der Waals surface area contributed by atoms with E-state index in [0.29, 0.717) is 24.2 Å². The molecule has 0 radical (unpaired) electrons. The number of rotatable bonds is 1. The summed E-state index contributed by atoms with van der Waals surface area (Å²) < 4.78 is 13.1. The van der Waals surface area contributed by atoms with Gasteiger partial charge in [-0.2, -0.15) is 0 Å². The molecule has 0 atom stereocenters. The van der Waals surface area contributed by atoms with Crippen molar-refractivity contribution in [2.45, 2.75) is 18.9 Å². The number of pyridine rings is 1. The zero-order valence-corrected chi connectivity index (χ0v) is 11.1. The van der Waals surface area contributed by atoms with Crippen molar-refractivity contribution >= 4 is 16.8 Å². The third-order valence-electron chi connectivity index (χ3n) is 3.72. The van der Waals surface area contributed by atoms with Crippen molar-refractivity contribution < 1.29 is 9.18 Å². The molecule has 1 aromatic heterocycles. The average Bonchev–Trinajstić information content (AvgIpc) is 2.47. The second-order valence-electron chi connectivity index (χ2n) is 5.19. The van der Waals surface area contributed by atoms with Crippen LogP contribution in [0.25, 0.3) is 10.9 Å². The number of nitrogens with zero attached hydrogens (tertiary/aromatic N) is 2. The molecule has 1 aromatic carbocycles. The van der Waals surface area contributed by atoms with E-state index in [0.717, 1.165) is 18.2 Å². The molecule has 0 bridgehead atoms. The smallest absolute Gasteiger partial charge is 0.255 e. The van der Waals surface area contributed by atoms with Crippen molar-refractivity contribution in [2.75, 3.05) is 13.1 Å². The lowest BCUT2D eigenvalue weighted by Crippen LogP contribution is -2.42. The SMILES string of the molecule is NC1CCN(C(=O)c2cnc3cc(F)ccc3c2)CC1. The fraction of sp³-hybridized carbons (Fsp3) is 0.333. The molecule has 0 saturated carbocycles. The zero-order valence-electron chi connectivity index (χ0n) is 11.1. The first kappa shape index (κ1) is 13.0. The lowest BCUT2D eigenvalue weighted by molar-refractivity contribution is 0.0714. The minimum atomic E-state index is -0.325. The number of fused-ring (bicyclic) bond motifs is 1. The van der Waals surface area contributed by atoms with Gasteiger partial charge in [0.15, 0.2) is 0 Å². The Balaban J connectivity index is 1.86. The first-order chi connectivity index (χ1) is 9.63. The van der Waals surface area contributed by atoms with E-state index >= 15 is 0 Å². The fourth-order valence-corrected chi connectivity index (χ4v) is 2.50. The van der Waals surface area contributed by atoms with Gasteiger partial charge in [0.2, 0.25) is 0 Å². The molecule has 4 nitrogen and oxygen atoms in total. The molecule has 2 N–H and O–H groups in total. The van der Waals surface area contributed by atoms with Crippen molar-refractivity contribution in [3.63, 3.8) is 0 Å². The van der Waals surface area contributed by atoms with E-state index in [2.05, 4.69) is 4.98 Å². The number of halogens is 1. The van der Waals surface area contributed by atoms with Crippen molar-refractivity contribution in [1.29, 1.82) is 0 Å². The molecule has 3 rings (SSSR count). The molecule has 0 spiro atoms. The Morgan fingerprint density at radius 3 is 2.80 bits per heavy atom. The highest BCUT2D eigenvalue weighted by Gasteiger charge is 2.22. The molecule has 0 unspecified atom stereocenters. The van der Waals surface area contributed by atoms with Gasteiger partial charge in [-0.05, 0) is 31.0 Å². The van der Waals surface area contributed by atoms with Gasteiger partial charge in [0.1, 0.15) is 5.82 Å². The maximum Gasteiger partial charge on any atom is 0.255 e. The van der Waals surface area contributed by atoms with Crippen molar-refractivity contribution in [3.05, 3.63) is 41.8 Å². The number of nitrogens with two attached hydrogens (primary N) is 1. The van der Waals surface area contributed by atoms with Crippen LogP contribution in [0.2, 0.25) is 0 Å². The largest absolute Gasteiger partial charge is 0.338 e. The van der Waals surface area contributed by atoms with E-state index in [1.165, 1.54) is 18.3 Å². The molecule has 2 aromatic rings. The Morgan fingerprint density at radius 2 is 2.05 bits per heavy atom. The van der Waals surface area contributed by atoms with Gasteiger partial charge in [-0.3, -0.25) is 9.78 Å². The molecule has 0 aliphatic carbocycles. The van der Waals surface area contributed by atoms with Gasteiger partial charge >= 0.3 is 0 Å². The Labute approximate surface area is 116 Å². The summed E-state index contributed by atoms with van der Waals surface area (Å²) >= 11 is 0. The highest BCUT2D eigenvalue weighted by atomic mass is 19.1. The third kappa shape index (κ3) is 2.49. The molecule has 20 heavy (non-hydrogen) atoms. The van der Waals surface area contributed by atoms with Crippen LogP contribution < -0.4 is 5.73 Å². The van der Waals surface area contributed by atoms with Gasteiger partial charge in [-0.15, -0.1) is 0 Å². The molecule has 1 saturated heterocycles. The van der Waals surface area contributed by atoms with Crippen LogP contribution in [-0.2, 0) is 0 Å². The minimum absolute atomic E-state index is 0.0318. The molecule has 1 aliphatic heterocycles. The quantitative estimate of drug-likeness (QED) is 0.863. The predicted molar refractivity (Wildman–Crippen MR) is 74.8 cm³/mol. The highest BCUT2D eigenvalue weighted by molar-refractivity contribution is 5.97. The van der Waals surface area contributed by atoms with Crippen LogP contribution in [0.3, 0.4) is 0 Å². The molecule has 1 fully saturated rings. The van der Waals surface area contributed by atoms with E-state index in [9.17, 15) is 9.18 Å². The summed E-state index contributed by atoms with van der Waals surface area (Å²) in [6.45, 7) is 1.36. The number of amides is 1. The van der Waals surface area contributed by atoms with Gasteiger partial charge in [-0.1, -0.05) is 0 Å². The van der Waals surface area contributed by atoms with E-state index in [4.69, 9.17) is 5.73 Å². The first-order valence-electron chi connectivity index (χ1n) is 6.73. The van der Waals surface area contributed by atoms with E-state index in [-0.39, 0.29) is 17.8 Å². The summed E-state index contributed by atoms with van der Waals surface area (Å²) in [5.41, 5.74) is 6.94. The number of benzene rings is 1. The van der Waals surface area contributed by atoms with E-state index in [1.807, 2.05) is 0 Å². The zero-order chi connectivity index (χ0) is 14.1. The fourth-order valence-electron chi connectivity index (χ4n) is 2.50. The van der Waals surface area contributed by atoms with Crippen LogP contribution in [0.15, 0.2) is 30.5 Å². The van der Waals surface area contributed by atoms with E-state index < -0.39 is 0 Å². The lowest BCUT2D eigenvalue weighted by atomic mass is 10.0. The molecular weight excluding hydrogens is 257 g/mol. The van der Waals surface area contributed by atoms with Gasteiger partial charge in [0, 0.05) is 36.8 Å². The van der Waals surface area contributed by atoms with Crippen LogP contribution >= 0.6 is 0 Å². The number of hydrogen-bond acceptors (Lipinski definition) is 3. The van der Waals surface area contributed by atoms with Crippen molar-refractivity contribution in [3.8, 4) is 0 Å². The second-order valence-corrected chi connectivity index (χ2v) is 5.19. The van der Waals surface area contributed by atoms with Crippen molar-refractivity contribution in [1.82, 2.24) is 9.88 Å². The van der Waals surface area contributed by atoms with Crippen molar-refractivity contribution in [2.24, 2.45) is 5.73 Å². The summed E-state index contributed by atoms with van der Waals surface area (Å²) in [6.07, 6.45) is 3.18. The summed E-state index contributed by atoms with van der Waals surface area (Å²) in [5, 5.41) is 0.769. The number of hydrogen-bond donors (Lipinski definition) is 1. The topological polar surface area (TPSA) is 59.2 Å². The van der Waals surface area contributed by atoms with Gasteiger partial charge < -0.3 is 10.6 Å². The molecule has 2 heterocycles. The molecule has 1 amide bonds. The Hall–Kier alpha value is -2.01. The number of aromatic nitrogens is 1. The van der Waals surface area contributed by atoms with Crippen LogP contribution in [0.4, 0.5) is 4.39 Å². The molecule has 5 heteroatoms. The standard InChI is InChI=1S/C15H16FN3O/c16-12-2-1-10-7-11(9-18-14(10)8-12)15(20)19-5-3-13(17)4-6-19/h1-2,7-9,13H,3-6,17H2. The van der Waals surface area contributed by atoms with Gasteiger partial charge in [-0.25, -0.2) is 4.39 Å². The third-order valence-corrected chi connectivity index (χ3v) is 3.72. The highest BCUT2D eigenvalue weighted by Crippen LogP contribution is 2.17. The molecule has 1 aliphatic rings. The summed E-state index contributed by atoms with van der Waals surface area (Å²) in [7, 11) is 0. The summed E-state index contributed by atoms with van der Waals surface area (Å²) in [6, 6.07) is 6.33. The molecular formula is C15H16FN3O.